The van der Waals surface area contributed by atoms with Crippen LogP contribution in [0.25, 0.3) is 0 Å². The molecule has 2 N–H and O–H groups in total. The Hall–Kier alpha value is -2.59. The molecular weight excluding hydrogens is 330 g/mol. The molecular formula is C19H19N5S. The first kappa shape index (κ1) is 17.2. The summed E-state index contributed by atoms with van der Waals surface area (Å²) in [5, 5.41) is 33.4. The van der Waals surface area contributed by atoms with E-state index in [1.807, 2.05) is 22.9 Å². The normalized spacial score (nSPS) is 25.5. The molecule has 1 aliphatic heterocycles. The van der Waals surface area contributed by atoms with Crippen LogP contribution < -0.4 is 5.73 Å². The van der Waals surface area contributed by atoms with E-state index in [0.717, 1.165) is 17.7 Å². The van der Waals surface area contributed by atoms with Gasteiger partial charge in [0.15, 0.2) is 5.41 Å². The average Bonchev–Trinajstić information content (AvgIpc) is 3.14. The molecule has 6 heteroatoms. The summed E-state index contributed by atoms with van der Waals surface area (Å²) in [5.74, 6) is -0.481. The van der Waals surface area contributed by atoms with E-state index in [-0.39, 0.29) is 17.5 Å². The smallest absolute Gasteiger partial charge is 0.191 e. The van der Waals surface area contributed by atoms with E-state index < -0.39 is 5.41 Å². The van der Waals surface area contributed by atoms with E-state index >= 15 is 0 Å². The Labute approximate surface area is 151 Å². The number of nitrogens with zero attached hydrogens (tertiary/aromatic N) is 4. The zero-order chi connectivity index (χ0) is 18.2. The van der Waals surface area contributed by atoms with Crippen molar-refractivity contribution in [2.75, 3.05) is 13.1 Å². The molecule has 0 fully saturated rings. The molecule has 0 saturated carbocycles. The van der Waals surface area contributed by atoms with Crippen LogP contribution in [0.5, 0.6) is 0 Å². The lowest BCUT2D eigenvalue weighted by atomic mass is 9.58. The van der Waals surface area contributed by atoms with Crippen LogP contribution in [-0.2, 0) is 0 Å². The van der Waals surface area contributed by atoms with Gasteiger partial charge in [-0.3, -0.25) is 4.90 Å². The molecule has 126 valence electrons. The van der Waals surface area contributed by atoms with Gasteiger partial charge in [0, 0.05) is 31.0 Å². The van der Waals surface area contributed by atoms with E-state index in [1.165, 1.54) is 11.3 Å². The first-order valence-corrected chi connectivity index (χ1v) is 9.13. The zero-order valence-corrected chi connectivity index (χ0v) is 15.0. The monoisotopic (exact) mass is 349 g/mol. The van der Waals surface area contributed by atoms with Crippen molar-refractivity contribution in [3.63, 3.8) is 0 Å². The van der Waals surface area contributed by atoms with Gasteiger partial charge in [-0.25, -0.2) is 0 Å². The van der Waals surface area contributed by atoms with Crippen molar-refractivity contribution in [3.05, 3.63) is 45.3 Å². The van der Waals surface area contributed by atoms with Crippen LogP contribution in [0, 0.1) is 45.3 Å². The molecule has 0 saturated heterocycles. The lowest BCUT2D eigenvalue weighted by Gasteiger charge is -2.46. The molecule has 0 bridgehead atoms. The summed E-state index contributed by atoms with van der Waals surface area (Å²) in [6.45, 7) is 5.69. The number of thiophene rings is 1. The van der Waals surface area contributed by atoms with Crippen LogP contribution in [0.15, 0.2) is 39.7 Å². The second-order valence-corrected chi connectivity index (χ2v) is 7.56. The molecule has 5 nitrogen and oxygen atoms in total. The molecule has 2 atom stereocenters. The van der Waals surface area contributed by atoms with Gasteiger partial charge in [-0.1, -0.05) is 6.08 Å². The number of nitrogens with two attached hydrogens (primary N) is 1. The van der Waals surface area contributed by atoms with Crippen molar-refractivity contribution in [3.8, 4) is 18.2 Å². The Morgan fingerprint density at radius 1 is 1.32 bits per heavy atom. The summed E-state index contributed by atoms with van der Waals surface area (Å²) >= 11 is 1.54. The van der Waals surface area contributed by atoms with Gasteiger partial charge in [0.2, 0.25) is 0 Å². The first-order valence-electron chi connectivity index (χ1n) is 8.19. The Balaban J connectivity index is 2.28. The minimum absolute atomic E-state index is 0.0942. The second kappa shape index (κ2) is 6.37. The highest BCUT2D eigenvalue weighted by molar-refractivity contribution is 7.08. The highest BCUT2D eigenvalue weighted by Gasteiger charge is 2.54. The van der Waals surface area contributed by atoms with Crippen molar-refractivity contribution in [2.45, 2.75) is 25.8 Å². The van der Waals surface area contributed by atoms with Gasteiger partial charge < -0.3 is 5.73 Å². The topological polar surface area (TPSA) is 101 Å². The highest BCUT2D eigenvalue weighted by Crippen LogP contribution is 2.54. The molecule has 1 aromatic rings. The Kier molecular flexibility index (Phi) is 4.39. The van der Waals surface area contributed by atoms with Crippen LogP contribution in [0.3, 0.4) is 0 Å². The van der Waals surface area contributed by atoms with E-state index in [2.05, 4.69) is 37.0 Å². The highest BCUT2D eigenvalue weighted by atomic mass is 32.1. The average molecular weight is 349 g/mol. The van der Waals surface area contributed by atoms with Crippen molar-refractivity contribution in [2.24, 2.45) is 17.1 Å². The summed E-state index contributed by atoms with van der Waals surface area (Å²) in [6, 6.07) is 8.77. The van der Waals surface area contributed by atoms with Gasteiger partial charge >= 0.3 is 0 Å². The van der Waals surface area contributed by atoms with Gasteiger partial charge in [0.25, 0.3) is 0 Å². The van der Waals surface area contributed by atoms with Crippen molar-refractivity contribution >= 4 is 11.3 Å². The van der Waals surface area contributed by atoms with Crippen molar-refractivity contribution in [1.29, 1.82) is 15.8 Å². The van der Waals surface area contributed by atoms with Crippen LogP contribution in [0.4, 0.5) is 0 Å². The third-order valence-electron chi connectivity index (χ3n) is 5.33. The molecule has 1 aliphatic carbocycles. The third-order valence-corrected chi connectivity index (χ3v) is 6.03. The molecule has 0 aromatic carbocycles. The van der Waals surface area contributed by atoms with Crippen LogP contribution in [0.1, 0.15) is 25.3 Å². The standard InChI is InChI=1S/C19H19N5S/c1-12(2)24-5-3-14-15(7-20)18(23)19(10-21,11-22)17(16(14)8-24)13-4-6-25-9-13/h3-4,6,9,12,16-17H,5,8,23H2,1-2H3/t16-,17+/m1/s1. The van der Waals surface area contributed by atoms with Crippen molar-refractivity contribution < 1.29 is 0 Å². The summed E-state index contributed by atoms with van der Waals surface area (Å²) in [5.41, 5.74) is 6.95. The molecule has 0 amide bonds. The molecule has 25 heavy (non-hydrogen) atoms. The summed E-state index contributed by atoms with van der Waals surface area (Å²) in [7, 11) is 0. The van der Waals surface area contributed by atoms with Gasteiger partial charge in [-0.2, -0.15) is 27.1 Å². The van der Waals surface area contributed by atoms with Crippen LogP contribution >= 0.6 is 11.3 Å². The number of hydrogen-bond acceptors (Lipinski definition) is 6. The maximum atomic E-state index is 9.93. The van der Waals surface area contributed by atoms with Crippen molar-refractivity contribution in [1.82, 2.24) is 4.90 Å². The first-order chi connectivity index (χ1) is 12.0. The van der Waals surface area contributed by atoms with Gasteiger partial charge in [0.05, 0.1) is 23.4 Å². The minimum atomic E-state index is -1.52. The lowest BCUT2D eigenvalue weighted by molar-refractivity contribution is 0.174. The number of nitriles is 3. The summed E-state index contributed by atoms with van der Waals surface area (Å²) in [4.78, 5) is 2.30. The minimum Gasteiger partial charge on any atom is -0.399 e. The van der Waals surface area contributed by atoms with Gasteiger partial charge in [0.1, 0.15) is 6.07 Å². The van der Waals surface area contributed by atoms with Crippen LogP contribution in [-0.4, -0.2) is 24.0 Å². The van der Waals surface area contributed by atoms with E-state index in [9.17, 15) is 15.8 Å². The van der Waals surface area contributed by atoms with Gasteiger partial charge in [-0.15, -0.1) is 0 Å². The summed E-state index contributed by atoms with van der Waals surface area (Å²) in [6.07, 6.45) is 2.04. The molecule has 2 heterocycles. The molecule has 2 aliphatic rings. The number of fused-ring (bicyclic) bond motifs is 1. The number of hydrogen-bond donors (Lipinski definition) is 1. The molecule has 3 rings (SSSR count). The largest absolute Gasteiger partial charge is 0.399 e. The van der Waals surface area contributed by atoms with E-state index in [1.54, 1.807) is 0 Å². The SMILES string of the molecule is CC(C)N1CC=C2C(C#N)=C(N)C(C#N)(C#N)[C@@H](c3ccsc3)[C@@H]2C1. The summed E-state index contributed by atoms with van der Waals surface area (Å²) < 4.78 is 0. The maximum absolute atomic E-state index is 9.93. The fourth-order valence-corrected chi connectivity index (χ4v) is 4.65. The predicted octanol–water partition coefficient (Wildman–Crippen LogP) is 2.88. The van der Waals surface area contributed by atoms with E-state index in [0.29, 0.717) is 18.2 Å². The fraction of sp³-hybridized carbons (Fsp3) is 0.421. The van der Waals surface area contributed by atoms with Gasteiger partial charge in [-0.05, 0) is 41.8 Å². The molecule has 0 radical (unpaired) electrons. The molecule has 0 unspecified atom stereocenters. The predicted molar refractivity (Wildman–Crippen MR) is 95.8 cm³/mol. The number of allylic oxidation sites excluding steroid dienone is 2. The molecule has 0 spiro atoms. The molecule has 1 aromatic heterocycles. The number of rotatable bonds is 2. The Morgan fingerprint density at radius 3 is 2.56 bits per heavy atom. The Morgan fingerprint density at radius 2 is 2.04 bits per heavy atom. The van der Waals surface area contributed by atoms with Crippen LogP contribution in [0.2, 0.25) is 0 Å². The Bertz CT molecular complexity index is 843. The zero-order valence-electron chi connectivity index (χ0n) is 14.2. The fourth-order valence-electron chi connectivity index (χ4n) is 3.95. The lowest BCUT2D eigenvalue weighted by Crippen LogP contribution is -2.49. The third kappa shape index (κ3) is 2.45. The second-order valence-electron chi connectivity index (χ2n) is 6.78. The maximum Gasteiger partial charge on any atom is 0.191 e. The quantitative estimate of drug-likeness (QED) is 0.884. The van der Waals surface area contributed by atoms with E-state index in [4.69, 9.17) is 5.73 Å².